The Kier molecular flexibility index (Phi) is 8.29. The summed E-state index contributed by atoms with van der Waals surface area (Å²) in [6.45, 7) is 3.44. The molecule has 0 bridgehead atoms. The molecule has 0 spiro atoms. The van der Waals surface area contributed by atoms with E-state index in [1.807, 2.05) is 6.92 Å². The zero-order valence-corrected chi connectivity index (χ0v) is 19.3. The molecule has 6 nitrogen and oxygen atoms in total. The molecule has 31 heavy (non-hydrogen) atoms. The Labute approximate surface area is 196 Å². The second-order valence-electron chi connectivity index (χ2n) is 7.08. The Morgan fingerprint density at radius 1 is 1.00 bits per heavy atom. The molecule has 0 radical (unpaired) electrons. The van der Waals surface area contributed by atoms with Crippen molar-refractivity contribution in [3.05, 3.63) is 57.0 Å². The first-order valence-electron chi connectivity index (χ1n) is 9.96. The minimum Gasteiger partial charge on any atom is -0.494 e. The number of amides is 2. The number of likely N-dealkylation sites (tertiary alicyclic amines) is 1. The topological polar surface area (TPSA) is 67.9 Å². The summed E-state index contributed by atoms with van der Waals surface area (Å²) in [5.41, 5.74) is 0.623. The van der Waals surface area contributed by atoms with Crippen LogP contribution in [0.25, 0.3) is 0 Å². The van der Waals surface area contributed by atoms with Crippen molar-refractivity contribution in [1.82, 2.24) is 10.2 Å². The second-order valence-corrected chi connectivity index (χ2v) is 8.30. The molecule has 0 saturated carbocycles. The van der Waals surface area contributed by atoms with Gasteiger partial charge < -0.3 is 19.7 Å². The van der Waals surface area contributed by atoms with Crippen LogP contribution >= 0.6 is 34.8 Å². The number of nitrogens with zero attached hydrogens (tertiary/aromatic N) is 1. The first-order chi connectivity index (χ1) is 14.9. The fourth-order valence-electron chi connectivity index (χ4n) is 3.30. The van der Waals surface area contributed by atoms with E-state index in [4.69, 9.17) is 44.3 Å². The van der Waals surface area contributed by atoms with E-state index in [2.05, 4.69) is 5.32 Å². The Balaban J connectivity index is 1.44. The van der Waals surface area contributed by atoms with Gasteiger partial charge in [-0.25, -0.2) is 0 Å². The van der Waals surface area contributed by atoms with E-state index in [-0.39, 0.29) is 29.5 Å². The zero-order chi connectivity index (χ0) is 22.4. The summed E-state index contributed by atoms with van der Waals surface area (Å²) >= 11 is 17.9. The van der Waals surface area contributed by atoms with Gasteiger partial charge in [-0.05, 0) is 50.1 Å². The third-order valence-corrected chi connectivity index (χ3v) is 5.91. The molecular formula is C22H23Cl3N2O4. The molecule has 2 amide bonds. The van der Waals surface area contributed by atoms with E-state index in [9.17, 15) is 9.59 Å². The minimum atomic E-state index is -0.265. The third kappa shape index (κ3) is 6.42. The van der Waals surface area contributed by atoms with Gasteiger partial charge in [-0.15, -0.1) is 0 Å². The van der Waals surface area contributed by atoms with Gasteiger partial charge in [-0.3, -0.25) is 9.59 Å². The van der Waals surface area contributed by atoms with Crippen molar-refractivity contribution in [2.45, 2.75) is 25.8 Å². The lowest BCUT2D eigenvalue weighted by atomic mass is 10.0. The van der Waals surface area contributed by atoms with E-state index < -0.39 is 0 Å². The van der Waals surface area contributed by atoms with Crippen LogP contribution in [0.4, 0.5) is 0 Å². The summed E-state index contributed by atoms with van der Waals surface area (Å²) in [6.07, 6.45) is 1.34. The molecule has 0 aliphatic carbocycles. The van der Waals surface area contributed by atoms with Crippen molar-refractivity contribution < 1.29 is 19.1 Å². The largest absolute Gasteiger partial charge is 0.494 e. The number of ether oxygens (including phenoxy) is 2. The van der Waals surface area contributed by atoms with Crippen LogP contribution in [0.15, 0.2) is 36.4 Å². The number of benzene rings is 2. The fraction of sp³-hybridized carbons (Fsp3) is 0.364. The number of hydrogen-bond acceptors (Lipinski definition) is 4. The van der Waals surface area contributed by atoms with Gasteiger partial charge in [-0.1, -0.05) is 34.8 Å². The number of carbonyl (C=O) groups is 2. The van der Waals surface area contributed by atoms with Crippen LogP contribution < -0.4 is 14.8 Å². The lowest BCUT2D eigenvalue weighted by Gasteiger charge is -2.32. The first-order valence-corrected chi connectivity index (χ1v) is 11.1. The molecular weight excluding hydrogens is 463 g/mol. The van der Waals surface area contributed by atoms with Crippen LogP contribution in [0.3, 0.4) is 0 Å². The van der Waals surface area contributed by atoms with Crippen LogP contribution in [0.1, 0.15) is 30.1 Å². The maximum absolute atomic E-state index is 12.7. The molecule has 1 aliphatic heterocycles. The molecule has 0 unspecified atom stereocenters. The SMILES string of the molecule is CCOc1ccc(C(=O)N2CCC(NC(=O)COc3cc(Cl)c(Cl)cc3Cl)CC2)cc1. The summed E-state index contributed by atoms with van der Waals surface area (Å²) in [5.74, 6) is 0.746. The summed E-state index contributed by atoms with van der Waals surface area (Å²) < 4.78 is 10.9. The Hall–Kier alpha value is -2.15. The van der Waals surface area contributed by atoms with Crippen molar-refractivity contribution in [2.75, 3.05) is 26.3 Å². The van der Waals surface area contributed by atoms with E-state index in [0.29, 0.717) is 53.9 Å². The Bertz CT molecular complexity index is 929. The highest BCUT2D eigenvalue weighted by atomic mass is 35.5. The highest BCUT2D eigenvalue weighted by Gasteiger charge is 2.25. The van der Waals surface area contributed by atoms with Crippen LogP contribution in [0.2, 0.25) is 15.1 Å². The lowest BCUT2D eigenvalue weighted by molar-refractivity contribution is -0.124. The van der Waals surface area contributed by atoms with Gasteiger partial charge in [0.1, 0.15) is 11.5 Å². The summed E-state index contributed by atoms with van der Waals surface area (Å²) in [4.78, 5) is 26.7. The molecule has 1 heterocycles. The standard InChI is InChI=1S/C22H23Cl3N2O4/c1-2-30-16-5-3-14(4-6-16)22(29)27-9-7-15(8-10-27)26-21(28)13-31-20-12-18(24)17(23)11-19(20)25/h3-6,11-12,15H,2,7-10,13H2,1H3,(H,26,28). The monoisotopic (exact) mass is 484 g/mol. The molecule has 2 aromatic carbocycles. The number of carbonyl (C=O) groups excluding carboxylic acids is 2. The average molecular weight is 486 g/mol. The summed E-state index contributed by atoms with van der Waals surface area (Å²) in [7, 11) is 0. The minimum absolute atomic E-state index is 0.0228. The van der Waals surface area contributed by atoms with Gasteiger partial charge in [0.2, 0.25) is 0 Å². The molecule has 3 rings (SSSR count). The zero-order valence-electron chi connectivity index (χ0n) is 17.0. The Morgan fingerprint density at radius 2 is 1.65 bits per heavy atom. The van der Waals surface area contributed by atoms with Crippen LogP contribution in [0.5, 0.6) is 11.5 Å². The number of nitrogens with one attached hydrogen (secondary N) is 1. The molecule has 1 N–H and O–H groups in total. The maximum Gasteiger partial charge on any atom is 0.258 e. The lowest BCUT2D eigenvalue weighted by Crippen LogP contribution is -2.47. The molecule has 1 fully saturated rings. The normalized spacial score (nSPS) is 14.3. The third-order valence-electron chi connectivity index (χ3n) is 4.89. The fourth-order valence-corrected chi connectivity index (χ4v) is 3.89. The molecule has 1 aliphatic rings. The molecule has 2 aromatic rings. The predicted octanol–water partition coefficient (Wildman–Crippen LogP) is 4.85. The van der Waals surface area contributed by atoms with Crippen molar-refractivity contribution in [2.24, 2.45) is 0 Å². The molecule has 0 aromatic heterocycles. The quantitative estimate of drug-likeness (QED) is 0.570. The van der Waals surface area contributed by atoms with Gasteiger partial charge in [-0.2, -0.15) is 0 Å². The van der Waals surface area contributed by atoms with Gasteiger partial charge in [0.25, 0.3) is 11.8 Å². The van der Waals surface area contributed by atoms with Gasteiger partial charge >= 0.3 is 0 Å². The van der Waals surface area contributed by atoms with Crippen molar-refractivity contribution in [3.63, 3.8) is 0 Å². The molecule has 166 valence electrons. The van der Waals surface area contributed by atoms with Gasteiger partial charge in [0.05, 0.1) is 21.7 Å². The van der Waals surface area contributed by atoms with E-state index in [0.717, 1.165) is 5.75 Å². The number of piperidine rings is 1. The molecule has 1 saturated heterocycles. The second kappa shape index (κ2) is 10.9. The number of hydrogen-bond donors (Lipinski definition) is 1. The number of halogens is 3. The maximum atomic E-state index is 12.7. The predicted molar refractivity (Wildman–Crippen MR) is 122 cm³/mol. The molecule has 0 atom stereocenters. The van der Waals surface area contributed by atoms with Crippen LogP contribution in [-0.4, -0.2) is 49.1 Å². The average Bonchev–Trinajstić information content (AvgIpc) is 2.76. The van der Waals surface area contributed by atoms with Crippen molar-refractivity contribution in [3.8, 4) is 11.5 Å². The molecule has 9 heteroatoms. The summed E-state index contributed by atoms with van der Waals surface area (Å²) in [6, 6.07) is 10.1. The van der Waals surface area contributed by atoms with Gasteiger partial charge in [0, 0.05) is 30.8 Å². The smallest absolute Gasteiger partial charge is 0.258 e. The van der Waals surface area contributed by atoms with E-state index in [1.54, 1.807) is 29.2 Å². The van der Waals surface area contributed by atoms with Crippen LogP contribution in [-0.2, 0) is 4.79 Å². The van der Waals surface area contributed by atoms with Crippen molar-refractivity contribution >= 4 is 46.6 Å². The van der Waals surface area contributed by atoms with E-state index in [1.165, 1.54) is 12.1 Å². The summed E-state index contributed by atoms with van der Waals surface area (Å²) in [5, 5.41) is 3.83. The number of rotatable bonds is 7. The Morgan fingerprint density at radius 3 is 2.29 bits per heavy atom. The van der Waals surface area contributed by atoms with Crippen LogP contribution in [0, 0.1) is 0 Å². The first kappa shape index (κ1) is 23.5. The van der Waals surface area contributed by atoms with E-state index >= 15 is 0 Å². The van der Waals surface area contributed by atoms with Gasteiger partial charge in [0.15, 0.2) is 6.61 Å². The van der Waals surface area contributed by atoms with Crippen molar-refractivity contribution in [1.29, 1.82) is 0 Å². The highest BCUT2D eigenvalue weighted by molar-refractivity contribution is 6.43. The highest BCUT2D eigenvalue weighted by Crippen LogP contribution is 2.33.